The lowest BCUT2D eigenvalue weighted by molar-refractivity contribution is -0.138. The summed E-state index contributed by atoms with van der Waals surface area (Å²) in [5, 5.41) is 7.66. The molecule has 0 spiro atoms. The Hall–Kier alpha value is -1.43. The molecule has 0 radical (unpaired) electrons. The Labute approximate surface area is 206 Å². The predicted octanol–water partition coefficient (Wildman–Crippen LogP) is 5.66. The molecule has 0 heterocycles. The number of oxime groups is 1. The molecule has 6 heteroatoms. The standard InChI is InChI=1S/C28H47N3O3/c1-6-29-16-17-31(7-2)26(33)34-30-19(3)23-10-11-24-22-9-8-20-18-21(32)12-14-27(20,4)25(22)13-15-28(23,24)5/h20,22-25,29H,6-18H2,1-5H3/b30-19+/t20-,22+,23-,24+,25+,27+,28-/m1/s1. The molecule has 7 atom stereocenters. The zero-order chi connectivity index (χ0) is 24.5. The molecular weight excluding hydrogens is 426 g/mol. The van der Waals surface area contributed by atoms with Crippen molar-refractivity contribution in [2.24, 2.45) is 45.6 Å². The van der Waals surface area contributed by atoms with Gasteiger partial charge in [-0.3, -0.25) is 9.63 Å². The first-order valence-corrected chi connectivity index (χ1v) is 14.0. The molecule has 4 saturated carbocycles. The van der Waals surface area contributed by atoms with E-state index >= 15 is 0 Å². The normalized spacial score (nSPS) is 39.7. The van der Waals surface area contributed by atoms with Gasteiger partial charge in [0.1, 0.15) is 5.78 Å². The van der Waals surface area contributed by atoms with Gasteiger partial charge < -0.3 is 10.2 Å². The lowest BCUT2D eigenvalue weighted by Crippen LogP contribution is -2.53. The summed E-state index contributed by atoms with van der Waals surface area (Å²) >= 11 is 0. The summed E-state index contributed by atoms with van der Waals surface area (Å²) in [7, 11) is 0. The Morgan fingerprint density at radius 3 is 2.59 bits per heavy atom. The maximum Gasteiger partial charge on any atom is 0.436 e. The van der Waals surface area contributed by atoms with Crippen molar-refractivity contribution in [2.45, 2.75) is 92.4 Å². The third-order valence-corrected chi connectivity index (χ3v) is 10.7. The van der Waals surface area contributed by atoms with Crippen LogP contribution >= 0.6 is 0 Å². The second-order valence-electron chi connectivity index (χ2n) is 12.1. The zero-order valence-electron chi connectivity index (χ0n) is 22.2. The van der Waals surface area contributed by atoms with E-state index in [0.717, 1.165) is 62.2 Å². The number of amides is 1. The zero-order valence-corrected chi connectivity index (χ0v) is 22.2. The first kappa shape index (κ1) is 25.7. The molecule has 0 aromatic rings. The van der Waals surface area contributed by atoms with Crippen molar-refractivity contribution >= 4 is 17.6 Å². The van der Waals surface area contributed by atoms with Crippen LogP contribution in [0.4, 0.5) is 4.79 Å². The maximum atomic E-state index is 12.6. The van der Waals surface area contributed by atoms with Gasteiger partial charge in [0.05, 0.1) is 5.71 Å². The summed E-state index contributed by atoms with van der Waals surface area (Å²) in [5.74, 6) is 3.75. The van der Waals surface area contributed by atoms with Gasteiger partial charge in [-0.05, 0) is 99.8 Å². The minimum atomic E-state index is -0.346. The topological polar surface area (TPSA) is 71.0 Å². The monoisotopic (exact) mass is 473 g/mol. The second kappa shape index (κ2) is 10.3. The van der Waals surface area contributed by atoms with Crippen LogP contribution in [-0.4, -0.2) is 48.7 Å². The first-order chi connectivity index (χ1) is 16.2. The fourth-order valence-electron chi connectivity index (χ4n) is 8.73. The highest BCUT2D eigenvalue weighted by atomic mass is 16.7. The first-order valence-electron chi connectivity index (χ1n) is 14.0. The largest absolute Gasteiger partial charge is 0.436 e. The molecule has 6 nitrogen and oxygen atoms in total. The van der Waals surface area contributed by atoms with Crippen LogP contribution in [0.3, 0.4) is 0 Å². The highest BCUT2D eigenvalue weighted by molar-refractivity contribution is 5.85. The maximum absolute atomic E-state index is 12.6. The summed E-state index contributed by atoms with van der Waals surface area (Å²) in [6, 6.07) is 0. The van der Waals surface area contributed by atoms with Crippen molar-refractivity contribution in [1.82, 2.24) is 10.2 Å². The van der Waals surface area contributed by atoms with Gasteiger partial charge in [-0.25, -0.2) is 4.79 Å². The Morgan fingerprint density at radius 1 is 1.09 bits per heavy atom. The second-order valence-corrected chi connectivity index (χ2v) is 12.1. The molecule has 4 aliphatic carbocycles. The third-order valence-electron chi connectivity index (χ3n) is 10.7. The van der Waals surface area contributed by atoms with Crippen molar-refractivity contribution in [2.75, 3.05) is 26.2 Å². The van der Waals surface area contributed by atoms with Crippen LogP contribution in [0.25, 0.3) is 0 Å². The average Bonchev–Trinajstić information content (AvgIpc) is 3.18. The number of nitrogens with one attached hydrogen (secondary N) is 1. The number of fused-ring (bicyclic) bond motifs is 5. The van der Waals surface area contributed by atoms with Gasteiger partial charge in [-0.15, -0.1) is 0 Å². The molecule has 4 fully saturated rings. The van der Waals surface area contributed by atoms with E-state index in [0.29, 0.717) is 36.1 Å². The van der Waals surface area contributed by atoms with Crippen molar-refractivity contribution in [1.29, 1.82) is 0 Å². The number of hydrogen-bond donors (Lipinski definition) is 1. The Balaban J connectivity index is 1.42. The van der Waals surface area contributed by atoms with Crippen LogP contribution < -0.4 is 5.32 Å². The van der Waals surface area contributed by atoms with E-state index < -0.39 is 0 Å². The van der Waals surface area contributed by atoms with Gasteiger partial charge in [0, 0.05) is 38.4 Å². The van der Waals surface area contributed by atoms with Crippen LogP contribution in [0.1, 0.15) is 92.4 Å². The fourth-order valence-corrected chi connectivity index (χ4v) is 8.73. The summed E-state index contributed by atoms with van der Waals surface area (Å²) < 4.78 is 0. The molecule has 4 aliphatic rings. The molecule has 0 bridgehead atoms. The Morgan fingerprint density at radius 2 is 1.85 bits per heavy atom. The molecule has 1 amide bonds. The number of ketones is 1. The minimum Gasteiger partial charge on any atom is -0.315 e. The van der Waals surface area contributed by atoms with Crippen molar-refractivity contribution < 1.29 is 14.4 Å². The number of hydrogen-bond acceptors (Lipinski definition) is 5. The summed E-state index contributed by atoms with van der Waals surface area (Å²) in [6.45, 7) is 14.0. The Kier molecular flexibility index (Phi) is 7.76. The molecule has 0 aromatic heterocycles. The number of carbonyl (C=O) groups excluding carboxylic acids is 2. The summed E-state index contributed by atoms with van der Waals surface area (Å²) in [5.41, 5.74) is 1.58. The number of carbonyl (C=O) groups is 2. The van der Waals surface area contributed by atoms with Gasteiger partial charge in [-0.2, -0.15) is 0 Å². The van der Waals surface area contributed by atoms with E-state index in [1.54, 1.807) is 4.90 Å². The van der Waals surface area contributed by atoms with Gasteiger partial charge in [0.25, 0.3) is 0 Å². The van der Waals surface area contributed by atoms with Gasteiger partial charge in [0.2, 0.25) is 0 Å². The lowest BCUT2D eigenvalue weighted by Gasteiger charge is -2.60. The number of likely N-dealkylation sites (N-methyl/N-ethyl adjacent to an activating group) is 2. The minimum absolute atomic E-state index is 0.240. The molecule has 0 unspecified atom stereocenters. The van der Waals surface area contributed by atoms with Crippen LogP contribution in [0, 0.1) is 40.4 Å². The van der Waals surface area contributed by atoms with E-state index in [9.17, 15) is 9.59 Å². The lowest BCUT2D eigenvalue weighted by atomic mass is 9.44. The van der Waals surface area contributed by atoms with Crippen LogP contribution in [-0.2, 0) is 9.63 Å². The van der Waals surface area contributed by atoms with Crippen molar-refractivity contribution in [3.05, 3.63) is 0 Å². The van der Waals surface area contributed by atoms with Gasteiger partial charge in [0.15, 0.2) is 0 Å². The SMILES string of the molecule is CCNCCN(CC)C(=O)O/N=C(\C)[C@H]1CC[C@H]2[C@@H]3CC[C@@H]4CC(=O)CC[C@]4(C)[C@H]3CC[C@]12C. The predicted molar refractivity (Wildman–Crippen MR) is 136 cm³/mol. The number of Topliss-reactive ketones (excluding diaryl/α,β-unsaturated/α-hetero) is 1. The highest BCUT2D eigenvalue weighted by Crippen LogP contribution is 2.67. The molecule has 34 heavy (non-hydrogen) atoms. The molecule has 0 saturated heterocycles. The molecular formula is C28H47N3O3. The number of nitrogens with zero attached hydrogens (tertiary/aromatic N) is 2. The average molecular weight is 474 g/mol. The van der Waals surface area contributed by atoms with Crippen molar-refractivity contribution in [3.8, 4) is 0 Å². The van der Waals surface area contributed by atoms with E-state index in [2.05, 4.69) is 38.2 Å². The Bertz CT molecular complexity index is 798. The molecule has 1 N–H and O–H groups in total. The molecule has 0 aromatic carbocycles. The van der Waals surface area contributed by atoms with Crippen molar-refractivity contribution in [3.63, 3.8) is 0 Å². The van der Waals surface area contributed by atoms with E-state index in [4.69, 9.17) is 4.84 Å². The number of rotatable bonds is 7. The highest BCUT2D eigenvalue weighted by Gasteiger charge is 2.60. The quantitative estimate of drug-likeness (QED) is 0.224. The third kappa shape index (κ3) is 4.56. The van der Waals surface area contributed by atoms with Crippen LogP contribution in [0.2, 0.25) is 0 Å². The molecule has 0 aliphatic heterocycles. The van der Waals surface area contributed by atoms with E-state index in [1.165, 1.54) is 32.1 Å². The smallest absolute Gasteiger partial charge is 0.315 e. The molecule has 192 valence electrons. The van der Waals surface area contributed by atoms with Gasteiger partial charge in [-0.1, -0.05) is 25.9 Å². The van der Waals surface area contributed by atoms with Crippen LogP contribution in [0.15, 0.2) is 5.16 Å². The summed E-state index contributed by atoms with van der Waals surface area (Å²) in [6.07, 6.45) is 9.79. The van der Waals surface area contributed by atoms with Gasteiger partial charge >= 0.3 is 6.09 Å². The van der Waals surface area contributed by atoms with E-state index in [-0.39, 0.29) is 11.5 Å². The van der Waals surface area contributed by atoms with Crippen LogP contribution in [0.5, 0.6) is 0 Å². The van der Waals surface area contributed by atoms with E-state index in [1.807, 2.05) is 6.92 Å². The fraction of sp³-hybridized carbons (Fsp3) is 0.893. The summed E-state index contributed by atoms with van der Waals surface area (Å²) in [4.78, 5) is 31.9. The molecule has 4 rings (SSSR count).